The van der Waals surface area contributed by atoms with Crippen LogP contribution in [0.2, 0.25) is 0 Å². The molecule has 0 radical (unpaired) electrons. The number of ketones is 1. The summed E-state index contributed by atoms with van der Waals surface area (Å²) in [5, 5.41) is 8.83. The standard InChI is InChI=1S/C17H15NO2/c1-20-16-7-3-4-13(11-16)8-9-17(19)15-6-2-5-14(10-15)12-18/h2-7,10-11H,8-9H2,1H3. The highest BCUT2D eigenvalue weighted by molar-refractivity contribution is 5.96. The Morgan fingerprint density at radius 2 is 2.00 bits per heavy atom. The molecule has 0 saturated heterocycles. The lowest BCUT2D eigenvalue weighted by Gasteiger charge is -2.04. The minimum atomic E-state index is 0.0462. The topological polar surface area (TPSA) is 50.1 Å². The maximum absolute atomic E-state index is 12.1. The minimum Gasteiger partial charge on any atom is -0.497 e. The molecular weight excluding hydrogens is 250 g/mol. The lowest BCUT2D eigenvalue weighted by atomic mass is 10.0. The second-order valence-electron chi connectivity index (χ2n) is 4.47. The summed E-state index contributed by atoms with van der Waals surface area (Å²) in [6, 6.07) is 16.5. The van der Waals surface area contributed by atoms with Gasteiger partial charge in [0.25, 0.3) is 0 Å². The molecule has 2 rings (SSSR count). The minimum absolute atomic E-state index is 0.0462. The highest BCUT2D eigenvalue weighted by Gasteiger charge is 2.07. The van der Waals surface area contributed by atoms with Gasteiger partial charge in [0.1, 0.15) is 5.75 Å². The van der Waals surface area contributed by atoms with Gasteiger partial charge in [-0.25, -0.2) is 0 Å². The van der Waals surface area contributed by atoms with E-state index in [2.05, 4.69) is 0 Å². The van der Waals surface area contributed by atoms with Crippen molar-refractivity contribution in [3.05, 3.63) is 65.2 Å². The van der Waals surface area contributed by atoms with Gasteiger partial charge in [0.15, 0.2) is 5.78 Å². The lowest BCUT2D eigenvalue weighted by molar-refractivity contribution is 0.0983. The summed E-state index contributed by atoms with van der Waals surface area (Å²) < 4.78 is 5.16. The van der Waals surface area contributed by atoms with E-state index in [-0.39, 0.29) is 5.78 Å². The van der Waals surface area contributed by atoms with Crippen LogP contribution in [0.25, 0.3) is 0 Å². The van der Waals surface area contributed by atoms with Crippen LogP contribution in [0.15, 0.2) is 48.5 Å². The molecule has 0 aliphatic carbocycles. The van der Waals surface area contributed by atoms with Crippen LogP contribution in [0.3, 0.4) is 0 Å². The van der Waals surface area contributed by atoms with Crippen molar-refractivity contribution in [3.8, 4) is 11.8 Å². The van der Waals surface area contributed by atoms with Gasteiger partial charge < -0.3 is 4.74 Å². The van der Waals surface area contributed by atoms with E-state index in [1.165, 1.54) is 0 Å². The zero-order chi connectivity index (χ0) is 14.4. The fourth-order valence-electron chi connectivity index (χ4n) is 1.99. The Labute approximate surface area is 118 Å². The van der Waals surface area contributed by atoms with Crippen LogP contribution in [0.1, 0.15) is 27.9 Å². The van der Waals surface area contributed by atoms with E-state index in [9.17, 15) is 4.79 Å². The molecule has 0 saturated carbocycles. The number of hydrogen-bond donors (Lipinski definition) is 0. The maximum atomic E-state index is 12.1. The van der Waals surface area contributed by atoms with Crippen molar-refractivity contribution in [2.75, 3.05) is 7.11 Å². The summed E-state index contributed by atoms with van der Waals surface area (Å²) in [5.41, 5.74) is 2.17. The van der Waals surface area contributed by atoms with Crippen LogP contribution in [0.5, 0.6) is 5.75 Å². The molecule has 0 atom stereocenters. The van der Waals surface area contributed by atoms with Crippen molar-refractivity contribution >= 4 is 5.78 Å². The van der Waals surface area contributed by atoms with Crippen LogP contribution in [0.4, 0.5) is 0 Å². The molecule has 0 aliphatic rings. The zero-order valence-corrected chi connectivity index (χ0v) is 11.3. The van der Waals surface area contributed by atoms with Crippen molar-refractivity contribution in [2.45, 2.75) is 12.8 Å². The second kappa shape index (κ2) is 6.53. The number of hydrogen-bond acceptors (Lipinski definition) is 3. The number of carbonyl (C=O) groups is 1. The Hall–Kier alpha value is -2.60. The van der Waals surface area contributed by atoms with Gasteiger partial charge in [0.05, 0.1) is 18.7 Å². The monoisotopic (exact) mass is 265 g/mol. The third-order valence-corrected chi connectivity index (χ3v) is 3.09. The Morgan fingerprint density at radius 3 is 2.75 bits per heavy atom. The van der Waals surface area contributed by atoms with Gasteiger partial charge in [-0.05, 0) is 36.2 Å². The Morgan fingerprint density at radius 1 is 1.20 bits per heavy atom. The van der Waals surface area contributed by atoms with Crippen LogP contribution in [-0.4, -0.2) is 12.9 Å². The average molecular weight is 265 g/mol. The number of ether oxygens (including phenoxy) is 1. The molecule has 0 fully saturated rings. The number of Topliss-reactive ketones (excluding diaryl/α,β-unsaturated/α-hetero) is 1. The summed E-state index contributed by atoms with van der Waals surface area (Å²) in [5.74, 6) is 0.839. The third-order valence-electron chi connectivity index (χ3n) is 3.09. The van der Waals surface area contributed by atoms with Crippen molar-refractivity contribution in [1.82, 2.24) is 0 Å². The van der Waals surface area contributed by atoms with E-state index >= 15 is 0 Å². The van der Waals surface area contributed by atoms with Crippen molar-refractivity contribution in [3.63, 3.8) is 0 Å². The van der Waals surface area contributed by atoms with E-state index in [4.69, 9.17) is 10.00 Å². The van der Waals surface area contributed by atoms with Gasteiger partial charge in [-0.15, -0.1) is 0 Å². The predicted octanol–water partition coefficient (Wildman–Crippen LogP) is 3.38. The highest BCUT2D eigenvalue weighted by Crippen LogP contribution is 2.15. The molecule has 3 heteroatoms. The summed E-state index contributed by atoms with van der Waals surface area (Å²) in [6.07, 6.45) is 1.08. The molecule has 0 N–H and O–H groups in total. The van der Waals surface area contributed by atoms with Gasteiger partial charge in [0, 0.05) is 12.0 Å². The van der Waals surface area contributed by atoms with Crippen LogP contribution >= 0.6 is 0 Å². The first kappa shape index (κ1) is 13.8. The number of aryl methyl sites for hydroxylation is 1. The van der Waals surface area contributed by atoms with E-state index in [0.717, 1.165) is 11.3 Å². The molecule has 0 aromatic heterocycles. The SMILES string of the molecule is COc1cccc(CCC(=O)c2cccc(C#N)c2)c1. The third kappa shape index (κ3) is 3.46. The second-order valence-corrected chi connectivity index (χ2v) is 4.47. The quantitative estimate of drug-likeness (QED) is 0.779. The smallest absolute Gasteiger partial charge is 0.163 e. The van der Waals surface area contributed by atoms with Gasteiger partial charge in [-0.2, -0.15) is 5.26 Å². The van der Waals surface area contributed by atoms with Gasteiger partial charge in [-0.1, -0.05) is 24.3 Å². The van der Waals surface area contributed by atoms with Crippen molar-refractivity contribution in [1.29, 1.82) is 5.26 Å². The van der Waals surface area contributed by atoms with Gasteiger partial charge >= 0.3 is 0 Å². The molecule has 2 aromatic rings. The number of carbonyl (C=O) groups excluding carboxylic acids is 1. The summed E-state index contributed by atoms with van der Waals surface area (Å²) in [6.45, 7) is 0. The number of methoxy groups -OCH3 is 1. The normalized spacial score (nSPS) is 9.80. The molecule has 0 aliphatic heterocycles. The lowest BCUT2D eigenvalue weighted by Crippen LogP contribution is -2.01. The molecule has 3 nitrogen and oxygen atoms in total. The first-order valence-corrected chi connectivity index (χ1v) is 6.39. The van der Waals surface area contributed by atoms with E-state index in [0.29, 0.717) is 24.0 Å². The highest BCUT2D eigenvalue weighted by atomic mass is 16.5. The summed E-state index contributed by atoms with van der Waals surface area (Å²) in [7, 11) is 1.62. The molecule has 20 heavy (non-hydrogen) atoms. The first-order valence-electron chi connectivity index (χ1n) is 6.39. The van der Waals surface area contributed by atoms with E-state index in [1.54, 1.807) is 31.4 Å². The van der Waals surface area contributed by atoms with Gasteiger partial charge in [0.2, 0.25) is 0 Å². The average Bonchev–Trinajstić information content (AvgIpc) is 2.52. The van der Waals surface area contributed by atoms with E-state index in [1.807, 2.05) is 30.3 Å². The first-order chi connectivity index (χ1) is 9.72. The van der Waals surface area contributed by atoms with Crippen LogP contribution < -0.4 is 4.74 Å². The molecule has 0 bridgehead atoms. The fourth-order valence-corrected chi connectivity index (χ4v) is 1.99. The molecule has 2 aromatic carbocycles. The maximum Gasteiger partial charge on any atom is 0.163 e. The van der Waals surface area contributed by atoms with Gasteiger partial charge in [-0.3, -0.25) is 4.79 Å². The van der Waals surface area contributed by atoms with E-state index < -0.39 is 0 Å². The number of nitriles is 1. The number of benzene rings is 2. The molecule has 0 unspecified atom stereocenters. The predicted molar refractivity (Wildman–Crippen MR) is 76.8 cm³/mol. The molecular formula is C17H15NO2. The molecule has 0 heterocycles. The fraction of sp³-hybridized carbons (Fsp3) is 0.176. The Bertz CT molecular complexity index is 656. The molecule has 0 amide bonds. The zero-order valence-electron chi connectivity index (χ0n) is 11.3. The Balaban J connectivity index is 2.03. The summed E-state index contributed by atoms with van der Waals surface area (Å²) >= 11 is 0. The number of rotatable bonds is 5. The van der Waals surface area contributed by atoms with Crippen LogP contribution in [0, 0.1) is 11.3 Å². The summed E-state index contributed by atoms with van der Waals surface area (Å²) in [4.78, 5) is 12.1. The van der Waals surface area contributed by atoms with Crippen molar-refractivity contribution < 1.29 is 9.53 Å². The molecule has 100 valence electrons. The van der Waals surface area contributed by atoms with Crippen molar-refractivity contribution in [2.24, 2.45) is 0 Å². The molecule has 0 spiro atoms. The Kier molecular flexibility index (Phi) is 4.52. The largest absolute Gasteiger partial charge is 0.497 e. The number of nitrogens with zero attached hydrogens (tertiary/aromatic N) is 1. The van der Waals surface area contributed by atoms with Crippen LogP contribution in [-0.2, 0) is 6.42 Å².